The fourth-order valence-electron chi connectivity index (χ4n) is 3.11. The van der Waals surface area contributed by atoms with Gasteiger partial charge in [-0.1, -0.05) is 0 Å². The minimum atomic E-state index is -0.103. The molecule has 94 valence electrons. The maximum atomic E-state index is 9.73. The first-order chi connectivity index (χ1) is 8.22. The predicted molar refractivity (Wildman–Crippen MR) is 70.2 cm³/mol. The van der Waals surface area contributed by atoms with Crippen molar-refractivity contribution < 1.29 is 5.11 Å². The molecule has 0 aliphatic carbocycles. The van der Waals surface area contributed by atoms with E-state index in [4.69, 9.17) is 0 Å². The second-order valence-electron chi connectivity index (χ2n) is 5.41. The number of nitrogens with zero attached hydrogens (tertiary/aromatic N) is 2. The molecule has 0 amide bonds. The quantitative estimate of drug-likeness (QED) is 0.861. The molecule has 3 rings (SSSR count). The van der Waals surface area contributed by atoms with Crippen LogP contribution in [0, 0.1) is 0 Å². The van der Waals surface area contributed by atoms with Crippen molar-refractivity contribution in [3.05, 3.63) is 22.4 Å². The van der Waals surface area contributed by atoms with Crippen molar-refractivity contribution in [2.75, 3.05) is 19.6 Å². The van der Waals surface area contributed by atoms with Crippen molar-refractivity contribution >= 4 is 11.3 Å². The zero-order chi connectivity index (χ0) is 11.8. The van der Waals surface area contributed by atoms with Crippen LogP contribution in [0.4, 0.5) is 0 Å². The van der Waals surface area contributed by atoms with Crippen LogP contribution in [0.1, 0.15) is 18.9 Å². The van der Waals surface area contributed by atoms with Gasteiger partial charge in [0.25, 0.3) is 0 Å². The number of aliphatic hydroxyl groups excluding tert-OH is 1. The lowest BCUT2D eigenvalue weighted by Gasteiger charge is -2.42. The van der Waals surface area contributed by atoms with E-state index in [-0.39, 0.29) is 6.10 Å². The van der Waals surface area contributed by atoms with E-state index >= 15 is 0 Å². The van der Waals surface area contributed by atoms with E-state index in [2.05, 4.69) is 33.6 Å². The minimum absolute atomic E-state index is 0.103. The molecule has 0 bridgehead atoms. The molecule has 4 heteroatoms. The second kappa shape index (κ2) is 4.69. The van der Waals surface area contributed by atoms with Crippen molar-refractivity contribution in [3.8, 4) is 0 Å². The van der Waals surface area contributed by atoms with E-state index in [1.807, 2.05) is 0 Å². The van der Waals surface area contributed by atoms with E-state index in [0.29, 0.717) is 12.1 Å². The summed E-state index contributed by atoms with van der Waals surface area (Å²) in [6.45, 7) is 6.44. The van der Waals surface area contributed by atoms with E-state index in [9.17, 15) is 5.11 Å². The van der Waals surface area contributed by atoms with Crippen LogP contribution in [0.2, 0.25) is 0 Å². The molecule has 3 heterocycles. The average Bonchev–Trinajstić information content (AvgIpc) is 2.87. The zero-order valence-electron chi connectivity index (χ0n) is 10.2. The van der Waals surface area contributed by atoms with Gasteiger partial charge >= 0.3 is 0 Å². The molecule has 1 aromatic rings. The van der Waals surface area contributed by atoms with Crippen LogP contribution in [-0.4, -0.2) is 52.7 Å². The van der Waals surface area contributed by atoms with Gasteiger partial charge < -0.3 is 5.11 Å². The highest BCUT2D eigenvalue weighted by Gasteiger charge is 2.37. The summed E-state index contributed by atoms with van der Waals surface area (Å²) in [5, 5.41) is 14.1. The van der Waals surface area contributed by atoms with Crippen LogP contribution in [0.25, 0.3) is 0 Å². The lowest BCUT2D eigenvalue weighted by Crippen LogP contribution is -2.54. The molecule has 2 aliphatic rings. The molecule has 0 radical (unpaired) electrons. The molecule has 0 spiro atoms. The molecule has 1 unspecified atom stereocenters. The summed E-state index contributed by atoms with van der Waals surface area (Å²) in [6, 6.07) is 3.38. The third kappa shape index (κ3) is 2.40. The van der Waals surface area contributed by atoms with Crippen LogP contribution in [0.5, 0.6) is 0 Å². The first kappa shape index (κ1) is 11.7. The van der Waals surface area contributed by atoms with Crippen LogP contribution in [0.3, 0.4) is 0 Å². The molecule has 3 nitrogen and oxygen atoms in total. The van der Waals surface area contributed by atoms with Gasteiger partial charge in [0, 0.05) is 38.3 Å². The van der Waals surface area contributed by atoms with Gasteiger partial charge in [-0.2, -0.15) is 11.3 Å². The van der Waals surface area contributed by atoms with Crippen LogP contribution < -0.4 is 0 Å². The van der Waals surface area contributed by atoms with Gasteiger partial charge in [-0.05, 0) is 35.7 Å². The Morgan fingerprint density at radius 3 is 3.06 bits per heavy atom. The standard InChI is InChI=1S/C13H20N2OS/c1-10-5-15-8-13(16)4-12(15)7-14(10)6-11-2-3-17-9-11/h2-3,9-10,12-13,16H,4-8H2,1H3/t10-,12?,13-/m1/s1. The van der Waals surface area contributed by atoms with Gasteiger partial charge in [-0.3, -0.25) is 9.80 Å². The number of hydrogen-bond donors (Lipinski definition) is 1. The highest BCUT2D eigenvalue weighted by molar-refractivity contribution is 7.07. The summed E-state index contributed by atoms with van der Waals surface area (Å²) in [6.07, 6.45) is 0.848. The number of rotatable bonds is 2. The van der Waals surface area contributed by atoms with E-state index in [1.165, 1.54) is 5.56 Å². The fraction of sp³-hybridized carbons (Fsp3) is 0.692. The molecule has 2 saturated heterocycles. The summed E-state index contributed by atoms with van der Waals surface area (Å²) in [5.41, 5.74) is 1.42. The Hall–Kier alpha value is -0.420. The monoisotopic (exact) mass is 252 g/mol. The molecule has 2 aliphatic heterocycles. The topological polar surface area (TPSA) is 26.7 Å². The number of fused-ring (bicyclic) bond motifs is 1. The highest BCUT2D eigenvalue weighted by Crippen LogP contribution is 2.26. The molecule has 0 saturated carbocycles. The molecule has 0 aromatic carbocycles. The SMILES string of the molecule is C[C@@H]1CN2C[C@H](O)CC2CN1Cc1ccsc1. The van der Waals surface area contributed by atoms with Gasteiger partial charge in [0.2, 0.25) is 0 Å². The largest absolute Gasteiger partial charge is 0.392 e. The van der Waals surface area contributed by atoms with Gasteiger partial charge in [0.15, 0.2) is 0 Å². The Balaban J connectivity index is 1.66. The van der Waals surface area contributed by atoms with Gasteiger partial charge in [0.05, 0.1) is 6.10 Å². The van der Waals surface area contributed by atoms with Crippen LogP contribution in [-0.2, 0) is 6.54 Å². The number of aliphatic hydroxyl groups is 1. The van der Waals surface area contributed by atoms with Gasteiger partial charge in [0.1, 0.15) is 0 Å². The Bertz CT molecular complexity index is 368. The maximum Gasteiger partial charge on any atom is 0.0682 e. The molecular formula is C13H20N2OS. The minimum Gasteiger partial charge on any atom is -0.392 e. The molecule has 2 fully saturated rings. The van der Waals surface area contributed by atoms with Crippen molar-refractivity contribution in [1.29, 1.82) is 0 Å². The van der Waals surface area contributed by atoms with Crippen molar-refractivity contribution in [2.45, 2.75) is 38.1 Å². The summed E-state index contributed by atoms with van der Waals surface area (Å²) < 4.78 is 0. The van der Waals surface area contributed by atoms with Crippen molar-refractivity contribution in [1.82, 2.24) is 9.80 Å². The molecule has 1 aromatic heterocycles. The van der Waals surface area contributed by atoms with E-state index < -0.39 is 0 Å². The lowest BCUT2D eigenvalue weighted by molar-refractivity contribution is 0.0529. The third-order valence-electron chi connectivity index (χ3n) is 4.04. The lowest BCUT2D eigenvalue weighted by atomic mass is 10.1. The number of hydrogen-bond acceptors (Lipinski definition) is 4. The summed E-state index contributed by atoms with van der Waals surface area (Å²) in [4.78, 5) is 5.01. The maximum absolute atomic E-state index is 9.73. The fourth-order valence-corrected chi connectivity index (χ4v) is 3.77. The third-order valence-corrected chi connectivity index (χ3v) is 4.77. The number of thiophene rings is 1. The molecule has 17 heavy (non-hydrogen) atoms. The van der Waals surface area contributed by atoms with Gasteiger partial charge in [-0.25, -0.2) is 0 Å². The Labute approximate surface area is 107 Å². The van der Waals surface area contributed by atoms with Crippen LogP contribution in [0.15, 0.2) is 16.8 Å². The molecule has 1 N–H and O–H groups in total. The van der Waals surface area contributed by atoms with E-state index in [0.717, 1.165) is 32.6 Å². The Morgan fingerprint density at radius 1 is 1.41 bits per heavy atom. The first-order valence-corrected chi connectivity index (χ1v) is 7.34. The average molecular weight is 252 g/mol. The number of piperazine rings is 1. The van der Waals surface area contributed by atoms with E-state index in [1.54, 1.807) is 11.3 Å². The summed E-state index contributed by atoms with van der Waals surface area (Å²) >= 11 is 1.77. The predicted octanol–water partition coefficient (Wildman–Crippen LogP) is 1.39. The van der Waals surface area contributed by atoms with Crippen LogP contribution >= 0.6 is 11.3 Å². The normalized spacial score (nSPS) is 35.1. The van der Waals surface area contributed by atoms with Crippen molar-refractivity contribution in [3.63, 3.8) is 0 Å². The molecular weight excluding hydrogens is 232 g/mol. The Morgan fingerprint density at radius 2 is 2.29 bits per heavy atom. The first-order valence-electron chi connectivity index (χ1n) is 6.39. The smallest absolute Gasteiger partial charge is 0.0682 e. The van der Waals surface area contributed by atoms with Gasteiger partial charge in [-0.15, -0.1) is 0 Å². The highest BCUT2D eigenvalue weighted by atomic mass is 32.1. The second-order valence-corrected chi connectivity index (χ2v) is 6.19. The molecule has 3 atom stereocenters. The summed E-state index contributed by atoms with van der Waals surface area (Å²) in [7, 11) is 0. The zero-order valence-corrected chi connectivity index (χ0v) is 11.1. The summed E-state index contributed by atoms with van der Waals surface area (Å²) in [5.74, 6) is 0. The Kier molecular flexibility index (Phi) is 3.21. The van der Waals surface area contributed by atoms with Crippen molar-refractivity contribution in [2.24, 2.45) is 0 Å².